The van der Waals surface area contributed by atoms with Crippen LogP contribution in [0.1, 0.15) is 97.8 Å². The Balaban J connectivity index is 3.07. The number of hydrogen-bond acceptors (Lipinski definition) is 3. The molecule has 0 amide bonds. The molecule has 0 aliphatic rings. The van der Waals surface area contributed by atoms with Gasteiger partial charge in [0.05, 0.1) is 12.7 Å². The Kier molecular flexibility index (Phi) is 16.5. The van der Waals surface area contributed by atoms with Crippen molar-refractivity contribution in [1.29, 1.82) is 0 Å². The average molecular weight is 321 g/mol. The molecule has 0 saturated carbocycles. The van der Waals surface area contributed by atoms with Crippen molar-refractivity contribution in [3.8, 4) is 0 Å². The lowest BCUT2D eigenvalue weighted by molar-refractivity contribution is 0.205. The Labute approximate surface area is 135 Å². The fraction of sp³-hybridized carbons (Fsp3) is 1.00. The molecular formula is C17H36O3S. The first kappa shape index (κ1) is 21.1. The van der Waals surface area contributed by atoms with E-state index in [1.54, 1.807) is 0 Å². The van der Waals surface area contributed by atoms with Crippen LogP contribution < -0.4 is 0 Å². The van der Waals surface area contributed by atoms with Crippen molar-refractivity contribution < 1.29 is 12.6 Å². The molecule has 0 aromatic rings. The molecule has 0 spiro atoms. The molecule has 0 aromatic carbocycles. The van der Waals surface area contributed by atoms with E-state index in [4.69, 9.17) is 8.37 Å². The molecule has 4 heteroatoms. The zero-order valence-electron chi connectivity index (χ0n) is 14.4. The summed E-state index contributed by atoms with van der Waals surface area (Å²) in [7, 11) is 0. The Morgan fingerprint density at radius 1 is 0.762 bits per heavy atom. The molecule has 0 N–H and O–H groups in total. The number of unbranched alkanes of at least 4 members (excludes halogenated alkanes) is 11. The smallest absolute Gasteiger partial charge is 0.268 e. The van der Waals surface area contributed by atoms with Crippen LogP contribution in [0.15, 0.2) is 0 Å². The highest BCUT2D eigenvalue weighted by Gasteiger charge is 2.03. The fourth-order valence-corrected chi connectivity index (χ4v) is 2.88. The topological polar surface area (TPSA) is 35.5 Å². The van der Waals surface area contributed by atoms with Gasteiger partial charge in [-0.1, -0.05) is 77.6 Å². The highest BCUT2D eigenvalue weighted by Crippen LogP contribution is 2.12. The van der Waals surface area contributed by atoms with E-state index in [1.165, 1.54) is 64.2 Å². The Morgan fingerprint density at radius 3 is 1.62 bits per heavy atom. The maximum Gasteiger partial charge on any atom is 0.304 e. The summed E-state index contributed by atoms with van der Waals surface area (Å²) in [5, 5.41) is 0. The van der Waals surface area contributed by atoms with E-state index in [-0.39, 0.29) is 6.10 Å². The Hall–Kier alpha value is 0.0700. The standard InChI is InChI=1S/C17H36O3S/c1-4-5-6-7-8-9-10-11-12-13-14-15-16-19-21(18)20-17(2)3/h17H,4-16H2,1-3H3. The lowest BCUT2D eigenvalue weighted by Crippen LogP contribution is -2.09. The highest BCUT2D eigenvalue weighted by molar-refractivity contribution is 7.75. The van der Waals surface area contributed by atoms with E-state index in [2.05, 4.69) is 6.92 Å². The average Bonchev–Trinajstić information content (AvgIpc) is 2.43. The van der Waals surface area contributed by atoms with E-state index in [9.17, 15) is 4.21 Å². The molecule has 0 bridgehead atoms. The minimum Gasteiger partial charge on any atom is -0.268 e. The molecule has 3 nitrogen and oxygen atoms in total. The second-order valence-electron chi connectivity index (χ2n) is 6.06. The summed E-state index contributed by atoms with van der Waals surface area (Å²) in [4.78, 5) is 0. The van der Waals surface area contributed by atoms with Crippen molar-refractivity contribution in [3.05, 3.63) is 0 Å². The molecule has 0 aliphatic carbocycles. The molecule has 0 rings (SSSR count). The first-order chi connectivity index (χ1) is 10.2. The van der Waals surface area contributed by atoms with Crippen LogP contribution in [0.3, 0.4) is 0 Å². The van der Waals surface area contributed by atoms with Gasteiger partial charge >= 0.3 is 11.4 Å². The third-order valence-electron chi connectivity index (χ3n) is 3.45. The van der Waals surface area contributed by atoms with Crippen LogP contribution in [0.2, 0.25) is 0 Å². The van der Waals surface area contributed by atoms with E-state index in [0.717, 1.165) is 12.8 Å². The van der Waals surface area contributed by atoms with Crippen LogP contribution in [-0.2, 0) is 19.7 Å². The first-order valence-electron chi connectivity index (χ1n) is 8.89. The van der Waals surface area contributed by atoms with Gasteiger partial charge in [0.25, 0.3) is 0 Å². The van der Waals surface area contributed by atoms with Gasteiger partial charge in [0.2, 0.25) is 0 Å². The quantitative estimate of drug-likeness (QED) is 0.342. The van der Waals surface area contributed by atoms with Crippen molar-refractivity contribution in [2.75, 3.05) is 6.61 Å². The molecule has 0 aliphatic heterocycles. The van der Waals surface area contributed by atoms with Crippen LogP contribution in [0.5, 0.6) is 0 Å². The summed E-state index contributed by atoms with van der Waals surface area (Å²) in [6.07, 6.45) is 15.8. The second kappa shape index (κ2) is 16.4. The lowest BCUT2D eigenvalue weighted by atomic mass is 10.1. The lowest BCUT2D eigenvalue weighted by Gasteiger charge is -2.06. The van der Waals surface area contributed by atoms with Gasteiger partial charge in [-0.3, -0.25) is 8.37 Å². The summed E-state index contributed by atoms with van der Waals surface area (Å²) in [6.45, 7) is 6.51. The molecule has 0 aromatic heterocycles. The van der Waals surface area contributed by atoms with Crippen molar-refractivity contribution in [2.45, 2.75) is 104 Å². The normalized spacial score (nSPS) is 13.0. The van der Waals surface area contributed by atoms with Crippen LogP contribution in [0, 0.1) is 0 Å². The molecule has 0 heterocycles. The predicted molar refractivity (Wildman–Crippen MR) is 91.4 cm³/mol. The van der Waals surface area contributed by atoms with Gasteiger partial charge in [0, 0.05) is 0 Å². The van der Waals surface area contributed by atoms with Crippen molar-refractivity contribution in [3.63, 3.8) is 0 Å². The maximum atomic E-state index is 11.2. The molecule has 1 atom stereocenters. The van der Waals surface area contributed by atoms with Crippen LogP contribution >= 0.6 is 0 Å². The van der Waals surface area contributed by atoms with Crippen molar-refractivity contribution >= 4 is 11.4 Å². The van der Waals surface area contributed by atoms with Gasteiger partial charge in [-0.15, -0.1) is 0 Å². The zero-order chi connectivity index (χ0) is 15.8. The van der Waals surface area contributed by atoms with Gasteiger partial charge in [-0.25, -0.2) is 0 Å². The summed E-state index contributed by atoms with van der Waals surface area (Å²) in [6, 6.07) is 0. The minimum atomic E-state index is -1.57. The molecule has 1 unspecified atom stereocenters. The monoisotopic (exact) mass is 320 g/mol. The van der Waals surface area contributed by atoms with E-state index in [1.807, 2.05) is 13.8 Å². The van der Waals surface area contributed by atoms with Gasteiger partial charge in [0.1, 0.15) is 0 Å². The molecule has 0 radical (unpaired) electrons. The van der Waals surface area contributed by atoms with E-state index < -0.39 is 11.4 Å². The van der Waals surface area contributed by atoms with Crippen LogP contribution in [0.25, 0.3) is 0 Å². The van der Waals surface area contributed by atoms with Gasteiger partial charge in [-0.2, -0.15) is 4.21 Å². The summed E-state index contributed by atoms with van der Waals surface area (Å²) >= 11 is -1.57. The zero-order valence-corrected chi connectivity index (χ0v) is 15.2. The molecular weight excluding hydrogens is 284 g/mol. The predicted octanol–water partition coefficient (Wildman–Crippen LogP) is 5.71. The van der Waals surface area contributed by atoms with E-state index >= 15 is 0 Å². The SMILES string of the molecule is CCCCCCCCCCCCCCOS(=O)OC(C)C. The summed E-state index contributed by atoms with van der Waals surface area (Å²) < 4.78 is 21.3. The second-order valence-corrected chi connectivity index (χ2v) is 6.90. The third kappa shape index (κ3) is 18.0. The fourth-order valence-electron chi connectivity index (χ4n) is 2.25. The molecule has 21 heavy (non-hydrogen) atoms. The van der Waals surface area contributed by atoms with Crippen LogP contribution in [-0.4, -0.2) is 16.9 Å². The van der Waals surface area contributed by atoms with Gasteiger partial charge in [0.15, 0.2) is 0 Å². The van der Waals surface area contributed by atoms with Gasteiger partial charge < -0.3 is 0 Å². The molecule has 0 fully saturated rings. The number of hydrogen-bond donors (Lipinski definition) is 0. The maximum absolute atomic E-state index is 11.2. The van der Waals surface area contributed by atoms with Crippen molar-refractivity contribution in [1.82, 2.24) is 0 Å². The largest absolute Gasteiger partial charge is 0.304 e. The highest BCUT2D eigenvalue weighted by atomic mass is 32.2. The summed E-state index contributed by atoms with van der Waals surface area (Å²) in [5.74, 6) is 0. The molecule has 128 valence electrons. The van der Waals surface area contributed by atoms with E-state index in [0.29, 0.717) is 6.61 Å². The Morgan fingerprint density at radius 2 is 1.19 bits per heavy atom. The van der Waals surface area contributed by atoms with Gasteiger partial charge in [-0.05, 0) is 20.3 Å². The first-order valence-corrected chi connectivity index (χ1v) is 9.89. The minimum absolute atomic E-state index is 0.0483. The summed E-state index contributed by atoms with van der Waals surface area (Å²) in [5.41, 5.74) is 0. The number of rotatable bonds is 16. The third-order valence-corrected chi connectivity index (χ3v) is 4.35. The van der Waals surface area contributed by atoms with Crippen molar-refractivity contribution in [2.24, 2.45) is 0 Å². The Bertz CT molecular complexity index is 232. The molecule has 0 saturated heterocycles. The van der Waals surface area contributed by atoms with Crippen LogP contribution in [0.4, 0.5) is 0 Å².